The maximum Gasteiger partial charge on any atom is 0.293 e. The molecule has 0 spiro atoms. The number of hydrogen-bond donors (Lipinski definition) is 0. The van der Waals surface area contributed by atoms with Gasteiger partial charge >= 0.3 is 0 Å². The van der Waals surface area contributed by atoms with Gasteiger partial charge in [0.2, 0.25) is 5.82 Å². The number of hydrogen-bond acceptors (Lipinski definition) is 3. The third-order valence-corrected chi connectivity index (χ3v) is 4.83. The van der Waals surface area contributed by atoms with Crippen LogP contribution in [0.5, 0.6) is 0 Å². The highest BCUT2D eigenvalue weighted by atomic mass is 16.2. The van der Waals surface area contributed by atoms with E-state index in [4.69, 9.17) is 0 Å². The first-order chi connectivity index (χ1) is 11.2. The van der Waals surface area contributed by atoms with Gasteiger partial charge < -0.3 is 4.90 Å². The molecule has 1 amide bonds. The minimum absolute atomic E-state index is 0.0196. The number of aromatic nitrogens is 3. The number of amides is 1. The summed E-state index contributed by atoms with van der Waals surface area (Å²) in [5, 5.41) is 4.57. The van der Waals surface area contributed by atoms with Crippen LogP contribution < -0.4 is 0 Å². The minimum atomic E-state index is -0.0196. The Morgan fingerprint density at radius 2 is 1.91 bits per heavy atom. The van der Waals surface area contributed by atoms with Crippen molar-refractivity contribution < 1.29 is 4.79 Å². The van der Waals surface area contributed by atoms with Gasteiger partial charge in [0.25, 0.3) is 5.91 Å². The largest absolute Gasteiger partial charge is 0.333 e. The summed E-state index contributed by atoms with van der Waals surface area (Å²) in [4.78, 5) is 19.4. The van der Waals surface area contributed by atoms with Crippen LogP contribution in [-0.2, 0) is 0 Å². The molecule has 1 saturated heterocycles. The van der Waals surface area contributed by atoms with E-state index in [1.807, 2.05) is 39.9 Å². The summed E-state index contributed by atoms with van der Waals surface area (Å²) in [5.41, 5.74) is 0.979. The lowest BCUT2D eigenvalue weighted by Gasteiger charge is -2.32. The van der Waals surface area contributed by atoms with Crippen molar-refractivity contribution in [2.45, 2.75) is 51.0 Å². The first-order valence-electron chi connectivity index (χ1n) is 8.57. The number of carbonyl (C=O) groups is 1. The van der Waals surface area contributed by atoms with Crippen LogP contribution in [0.25, 0.3) is 5.69 Å². The van der Waals surface area contributed by atoms with E-state index in [-0.39, 0.29) is 11.9 Å². The fraction of sp³-hybridized carbons (Fsp3) is 0.500. The lowest BCUT2D eigenvalue weighted by atomic mass is 10.0. The predicted octanol–water partition coefficient (Wildman–Crippen LogP) is 3.16. The monoisotopic (exact) mass is 310 g/mol. The van der Waals surface area contributed by atoms with Gasteiger partial charge in [-0.25, -0.2) is 9.67 Å². The van der Waals surface area contributed by atoms with Crippen LogP contribution >= 0.6 is 0 Å². The summed E-state index contributed by atoms with van der Waals surface area (Å²) in [6, 6.07) is 10.3. The van der Waals surface area contributed by atoms with Gasteiger partial charge in [-0.2, -0.15) is 0 Å². The summed E-state index contributed by atoms with van der Waals surface area (Å²) in [7, 11) is 0. The normalized spacial score (nSPS) is 21.4. The zero-order chi connectivity index (χ0) is 15.8. The Labute approximate surface area is 136 Å². The fourth-order valence-electron chi connectivity index (χ4n) is 3.31. The summed E-state index contributed by atoms with van der Waals surface area (Å²) in [6.45, 7) is 2.94. The molecule has 5 heteroatoms. The molecule has 1 aliphatic heterocycles. The van der Waals surface area contributed by atoms with Gasteiger partial charge in [0.1, 0.15) is 5.82 Å². The maximum atomic E-state index is 12.8. The number of carbonyl (C=O) groups excluding carboxylic acids is 1. The number of piperidine rings is 1. The van der Waals surface area contributed by atoms with Gasteiger partial charge in [0.05, 0.1) is 5.69 Å². The van der Waals surface area contributed by atoms with Gasteiger partial charge in [-0.1, -0.05) is 18.2 Å². The van der Waals surface area contributed by atoms with Crippen molar-refractivity contribution in [3.05, 3.63) is 42.0 Å². The molecule has 23 heavy (non-hydrogen) atoms. The van der Waals surface area contributed by atoms with Crippen LogP contribution in [0, 0.1) is 0 Å². The molecule has 1 saturated carbocycles. The smallest absolute Gasteiger partial charge is 0.293 e. The maximum absolute atomic E-state index is 12.8. The van der Waals surface area contributed by atoms with E-state index in [2.05, 4.69) is 17.0 Å². The average Bonchev–Trinajstić information content (AvgIpc) is 3.34. The topological polar surface area (TPSA) is 51.0 Å². The molecule has 0 unspecified atom stereocenters. The molecule has 0 bridgehead atoms. The number of likely N-dealkylation sites (tertiary alicyclic amines) is 1. The molecule has 5 nitrogen and oxygen atoms in total. The molecule has 120 valence electrons. The van der Waals surface area contributed by atoms with Crippen molar-refractivity contribution in [2.75, 3.05) is 6.54 Å². The first kappa shape index (κ1) is 14.4. The molecule has 2 fully saturated rings. The lowest BCUT2D eigenvalue weighted by Crippen LogP contribution is -2.42. The third kappa shape index (κ3) is 2.76. The fourth-order valence-corrected chi connectivity index (χ4v) is 3.31. The third-order valence-electron chi connectivity index (χ3n) is 4.83. The summed E-state index contributed by atoms with van der Waals surface area (Å²) < 4.78 is 1.86. The quantitative estimate of drug-likeness (QED) is 0.875. The number of rotatable bonds is 3. The SMILES string of the molecule is C[C@H]1CCCCN1C(=O)c1nc(C2CC2)n(-c2ccccc2)n1. The molecule has 0 N–H and O–H groups in total. The van der Waals surface area contributed by atoms with E-state index >= 15 is 0 Å². The molecule has 1 aromatic carbocycles. The second-order valence-corrected chi connectivity index (χ2v) is 6.66. The standard InChI is InChI=1S/C18H22N4O/c1-13-7-5-6-12-21(13)18(23)16-19-17(14-10-11-14)22(20-16)15-8-3-2-4-9-15/h2-4,8-9,13-14H,5-7,10-12H2,1H3/t13-/m0/s1. The van der Waals surface area contributed by atoms with E-state index in [9.17, 15) is 4.79 Å². The molecule has 4 rings (SSSR count). The molecule has 1 atom stereocenters. The van der Waals surface area contributed by atoms with E-state index < -0.39 is 0 Å². The van der Waals surface area contributed by atoms with Crippen LogP contribution in [0.1, 0.15) is 61.4 Å². The zero-order valence-corrected chi connectivity index (χ0v) is 13.5. The Morgan fingerprint density at radius 3 is 2.61 bits per heavy atom. The Balaban J connectivity index is 1.68. The molecule has 2 aliphatic rings. The molecule has 1 aliphatic carbocycles. The highest BCUT2D eigenvalue weighted by Crippen LogP contribution is 2.39. The summed E-state index contributed by atoms with van der Waals surface area (Å²) in [6.07, 6.45) is 5.62. The van der Waals surface area contributed by atoms with Crippen LogP contribution in [0.3, 0.4) is 0 Å². The van der Waals surface area contributed by atoms with Gasteiger partial charge in [0.15, 0.2) is 0 Å². The molecule has 2 heterocycles. The Hall–Kier alpha value is -2.17. The second kappa shape index (κ2) is 5.80. The Morgan fingerprint density at radius 1 is 1.13 bits per heavy atom. The zero-order valence-electron chi connectivity index (χ0n) is 13.5. The van der Waals surface area contributed by atoms with E-state index in [1.165, 1.54) is 6.42 Å². The Kier molecular flexibility index (Phi) is 3.63. The molecule has 2 aromatic rings. The average molecular weight is 310 g/mol. The Bertz CT molecular complexity index is 705. The lowest BCUT2D eigenvalue weighted by molar-refractivity contribution is 0.0623. The van der Waals surface area contributed by atoms with Gasteiger partial charge in [0, 0.05) is 18.5 Å². The van der Waals surface area contributed by atoms with Gasteiger partial charge in [-0.15, -0.1) is 5.10 Å². The van der Waals surface area contributed by atoms with E-state index in [0.29, 0.717) is 11.7 Å². The van der Waals surface area contributed by atoms with Crippen molar-refractivity contribution in [1.82, 2.24) is 19.7 Å². The molecule has 1 aromatic heterocycles. The molecular formula is C18H22N4O. The van der Waals surface area contributed by atoms with Crippen LogP contribution in [-0.4, -0.2) is 38.2 Å². The van der Waals surface area contributed by atoms with E-state index in [0.717, 1.165) is 43.7 Å². The number of benzene rings is 1. The van der Waals surface area contributed by atoms with Gasteiger partial charge in [-0.3, -0.25) is 4.79 Å². The second-order valence-electron chi connectivity index (χ2n) is 6.66. The minimum Gasteiger partial charge on any atom is -0.333 e. The van der Waals surface area contributed by atoms with Crippen LogP contribution in [0.4, 0.5) is 0 Å². The van der Waals surface area contributed by atoms with Crippen molar-refractivity contribution in [3.63, 3.8) is 0 Å². The van der Waals surface area contributed by atoms with Crippen molar-refractivity contribution in [1.29, 1.82) is 0 Å². The van der Waals surface area contributed by atoms with Crippen molar-refractivity contribution >= 4 is 5.91 Å². The van der Waals surface area contributed by atoms with E-state index in [1.54, 1.807) is 0 Å². The number of nitrogens with zero attached hydrogens (tertiary/aromatic N) is 4. The van der Waals surface area contributed by atoms with Crippen molar-refractivity contribution in [2.24, 2.45) is 0 Å². The highest BCUT2D eigenvalue weighted by Gasteiger charge is 2.33. The number of para-hydroxylation sites is 1. The predicted molar refractivity (Wildman–Crippen MR) is 87.7 cm³/mol. The molecule has 0 radical (unpaired) electrons. The van der Waals surface area contributed by atoms with Crippen LogP contribution in [0.2, 0.25) is 0 Å². The molecular weight excluding hydrogens is 288 g/mol. The summed E-state index contributed by atoms with van der Waals surface area (Å²) >= 11 is 0. The van der Waals surface area contributed by atoms with Gasteiger partial charge in [-0.05, 0) is 51.2 Å². The van der Waals surface area contributed by atoms with Crippen LogP contribution in [0.15, 0.2) is 30.3 Å². The first-order valence-corrected chi connectivity index (χ1v) is 8.57. The highest BCUT2D eigenvalue weighted by molar-refractivity contribution is 5.90. The summed E-state index contributed by atoms with van der Waals surface area (Å²) in [5.74, 6) is 1.71. The van der Waals surface area contributed by atoms with Crippen molar-refractivity contribution in [3.8, 4) is 5.69 Å².